The van der Waals surface area contributed by atoms with E-state index in [4.69, 9.17) is 9.72 Å². The molecule has 0 amide bonds. The molecule has 2 heteroatoms. The SMILES string of the molecule is CCCCCOc1ccc(-c2ccc(CCC3CCC(CCCC)CC3)cn2)cc1. The van der Waals surface area contributed by atoms with Gasteiger partial charge < -0.3 is 4.74 Å². The number of hydrogen-bond acceptors (Lipinski definition) is 2. The van der Waals surface area contributed by atoms with Crippen molar-refractivity contribution >= 4 is 0 Å². The van der Waals surface area contributed by atoms with Crippen LogP contribution in [0.2, 0.25) is 0 Å². The van der Waals surface area contributed by atoms with E-state index < -0.39 is 0 Å². The van der Waals surface area contributed by atoms with Crippen LogP contribution in [0.5, 0.6) is 5.75 Å². The first-order valence-electron chi connectivity index (χ1n) is 12.5. The maximum absolute atomic E-state index is 5.81. The maximum atomic E-state index is 5.81. The van der Waals surface area contributed by atoms with Crippen molar-refractivity contribution in [2.45, 2.75) is 90.9 Å². The first-order chi connectivity index (χ1) is 14.8. The Morgan fingerprint density at radius 2 is 1.50 bits per heavy atom. The number of aromatic nitrogens is 1. The highest BCUT2D eigenvalue weighted by atomic mass is 16.5. The molecule has 0 radical (unpaired) electrons. The Labute approximate surface area is 184 Å². The van der Waals surface area contributed by atoms with E-state index in [0.29, 0.717) is 0 Å². The second-order valence-electron chi connectivity index (χ2n) is 9.20. The van der Waals surface area contributed by atoms with E-state index in [2.05, 4.69) is 56.4 Å². The molecule has 0 unspecified atom stereocenters. The summed E-state index contributed by atoms with van der Waals surface area (Å²) in [5.41, 5.74) is 3.59. The van der Waals surface area contributed by atoms with Gasteiger partial charge in [0.05, 0.1) is 12.3 Å². The van der Waals surface area contributed by atoms with E-state index in [1.807, 2.05) is 0 Å². The van der Waals surface area contributed by atoms with Gasteiger partial charge in [0.1, 0.15) is 5.75 Å². The summed E-state index contributed by atoms with van der Waals surface area (Å²) < 4.78 is 5.81. The molecule has 1 saturated carbocycles. The normalized spacial score (nSPS) is 19.0. The van der Waals surface area contributed by atoms with Crippen molar-refractivity contribution in [3.8, 4) is 17.0 Å². The number of ether oxygens (including phenoxy) is 1. The minimum atomic E-state index is 0.806. The van der Waals surface area contributed by atoms with Crippen LogP contribution in [0.15, 0.2) is 42.6 Å². The molecular formula is C28H41NO. The van der Waals surface area contributed by atoms with E-state index in [-0.39, 0.29) is 0 Å². The second-order valence-corrected chi connectivity index (χ2v) is 9.20. The van der Waals surface area contributed by atoms with Gasteiger partial charge in [-0.2, -0.15) is 0 Å². The molecule has 2 nitrogen and oxygen atoms in total. The van der Waals surface area contributed by atoms with Gasteiger partial charge >= 0.3 is 0 Å². The number of rotatable bonds is 12. The molecule has 1 heterocycles. The molecule has 1 aliphatic rings. The van der Waals surface area contributed by atoms with E-state index in [0.717, 1.165) is 41.9 Å². The van der Waals surface area contributed by atoms with Gasteiger partial charge in [-0.3, -0.25) is 4.98 Å². The summed E-state index contributed by atoms with van der Waals surface area (Å²) in [5, 5.41) is 0. The Kier molecular flexibility index (Phi) is 9.73. The van der Waals surface area contributed by atoms with Gasteiger partial charge in [-0.05, 0) is 67.0 Å². The lowest BCUT2D eigenvalue weighted by molar-refractivity contribution is 0.250. The zero-order valence-corrected chi connectivity index (χ0v) is 19.2. The molecule has 3 rings (SSSR count). The minimum Gasteiger partial charge on any atom is -0.494 e. The van der Waals surface area contributed by atoms with E-state index in [9.17, 15) is 0 Å². The van der Waals surface area contributed by atoms with Crippen molar-refractivity contribution in [1.82, 2.24) is 4.98 Å². The van der Waals surface area contributed by atoms with E-state index in [1.54, 1.807) is 0 Å². The molecule has 1 fully saturated rings. The molecule has 164 valence electrons. The highest BCUT2D eigenvalue weighted by Crippen LogP contribution is 2.34. The Hall–Kier alpha value is -1.83. The van der Waals surface area contributed by atoms with E-state index >= 15 is 0 Å². The minimum absolute atomic E-state index is 0.806. The van der Waals surface area contributed by atoms with Crippen LogP contribution in [0.3, 0.4) is 0 Å². The predicted octanol–water partition coefficient (Wildman–Crippen LogP) is 8.25. The van der Waals surface area contributed by atoms with Crippen molar-refractivity contribution in [3.05, 3.63) is 48.2 Å². The van der Waals surface area contributed by atoms with Crippen LogP contribution in [0.4, 0.5) is 0 Å². The van der Waals surface area contributed by atoms with Gasteiger partial charge in [-0.25, -0.2) is 0 Å². The number of pyridine rings is 1. The van der Waals surface area contributed by atoms with Crippen molar-refractivity contribution in [1.29, 1.82) is 0 Å². The first-order valence-corrected chi connectivity index (χ1v) is 12.5. The quantitative estimate of drug-likeness (QED) is 0.330. The van der Waals surface area contributed by atoms with Crippen LogP contribution in [0.25, 0.3) is 11.3 Å². The summed E-state index contributed by atoms with van der Waals surface area (Å²) in [4.78, 5) is 4.73. The lowest BCUT2D eigenvalue weighted by Crippen LogP contribution is -2.15. The van der Waals surface area contributed by atoms with Crippen molar-refractivity contribution in [2.24, 2.45) is 11.8 Å². The molecule has 0 saturated heterocycles. The van der Waals surface area contributed by atoms with Gasteiger partial charge in [0.25, 0.3) is 0 Å². The van der Waals surface area contributed by atoms with Gasteiger partial charge in [0.2, 0.25) is 0 Å². The van der Waals surface area contributed by atoms with Crippen molar-refractivity contribution in [3.63, 3.8) is 0 Å². The monoisotopic (exact) mass is 407 g/mol. The van der Waals surface area contributed by atoms with Crippen LogP contribution in [-0.2, 0) is 6.42 Å². The van der Waals surface area contributed by atoms with Crippen LogP contribution in [-0.4, -0.2) is 11.6 Å². The number of aryl methyl sites for hydroxylation is 1. The van der Waals surface area contributed by atoms with Gasteiger partial charge in [0.15, 0.2) is 0 Å². The van der Waals surface area contributed by atoms with Crippen LogP contribution in [0.1, 0.15) is 90.0 Å². The van der Waals surface area contributed by atoms with Crippen LogP contribution < -0.4 is 4.74 Å². The summed E-state index contributed by atoms with van der Waals surface area (Å²) in [6.07, 6.45) is 18.2. The third-order valence-electron chi connectivity index (χ3n) is 6.76. The van der Waals surface area contributed by atoms with Crippen molar-refractivity contribution < 1.29 is 4.74 Å². The summed E-state index contributed by atoms with van der Waals surface area (Å²) >= 11 is 0. The standard InChI is InChI=1S/C28H41NO/c1-3-5-7-21-30-27-18-16-26(17-19-27)28-20-15-25(22-29-28)14-13-24-11-9-23(10-12-24)8-6-4-2/h15-20,22-24H,3-14,21H2,1-2H3. The maximum Gasteiger partial charge on any atom is 0.119 e. The topological polar surface area (TPSA) is 22.1 Å². The summed E-state index contributed by atoms with van der Waals surface area (Å²) in [6.45, 7) is 5.33. The smallest absolute Gasteiger partial charge is 0.119 e. The molecule has 0 spiro atoms. The van der Waals surface area contributed by atoms with Crippen molar-refractivity contribution in [2.75, 3.05) is 6.61 Å². The number of hydrogen-bond donors (Lipinski definition) is 0. The molecule has 1 aliphatic carbocycles. The zero-order chi connectivity index (χ0) is 21.0. The average molecular weight is 408 g/mol. The molecule has 2 aromatic rings. The van der Waals surface area contributed by atoms with Gasteiger partial charge in [0, 0.05) is 11.8 Å². The fourth-order valence-corrected chi connectivity index (χ4v) is 4.68. The molecule has 0 bridgehead atoms. The number of nitrogens with zero attached hydrogens (tertiary/aromatic N) is 1. The lowest BCUT2D eigenvalue weighted by atomic mass is 9.78. The molecule has 0 aliphatic heterocycles. The average Bonchev–Trinajstić information content (AvgIpc) is 2.81. The second kappa shape index (κ2) is 12.8. The largest absolute Gasteiger partial charge is 0.494 e. The highest BCUT2D eigenvalue weighted by molar-refractivity contribution is 5.60. The number of benzene rings is 1. The van der Waals surface area contributed by atoms with Gasteiger partial charge in [-0.15, -0.1) is 0 Å². The predicted molar refractivity (Wildman–Crippen MR) is 128 cm³/mol. The zero-order valence-electron chi connectivity index (χ0n) is 19.2. The molecule has 1 aromatic heterocycles. The third kappa shape index (κ3) is 7.45. The van der Waals surface area contributed by atoms with Crippen LogP contribution in [0, 0.1) is 11.8 Å². The summed E-state index contributed by atoms with van der Waals surface area (Å²) in [7, 11) is 0. The Morgan fingerprint density at radius 3 is 2.13 bits per heavy atom. The summed E-state index contributed by atoms with van der Waals surface area (Å²) in [6, 6.07) is 12.8. The Morgan fingerprint density at radius 1 is 0.800 bits per heavy atom. The molecule has 30 heavy (non-hydrogen) atoms. The first kappa shape index (κ1) is 22.8. The van der Waals surface area contributed by atoms with Gasteiger partial charge in [-0.1, -0.05) is 77.7 Å². The molecule has 1 aromatic carbocycles. The fraction of sp³-hybridized carbons (Fsp3) is 0.607. The highest BCUT2D eigenvalue weighted by Gasteiger charge is 2.20. The molecule has 0 N–H and O–H groups in total. The summed E-state index contributed by atoms with van der Waals surface area (Å²) in [5.74, 6) is 2.89. The van der Waals surface area contributed by atoms with Crippen LogP contribution >= 0.6 is 0 Å². The fourth-order valence-electron chi connectivity index (χ4n) is 4.68. The lowest BCUT2D eigenvalue weighted by Gasteiger charge is -2.28. The molecule has 0 atom stereocenters. The van der Waals surface area contributed by atoms with E-state index in [1.165, 1.54) is 76.2 Å². The molecular weight excluding hydrogens is 366 g/mol. The Balaban J connectivity index is 1.41. The third-order valence-corrected chi connectivity index (χ3v) is 6.76. The Bertz CT molecular complexity index is 698. The number of unbranched alkanes of at least 4 members (excludes halogenated alkanes) is 3.